The first-order valence-electron chi connectivity index (χ1n) is 7.25. The van der Waals surface area contributed by atoms with Crippen LogP contribution in [0.5, 0.6) is 0 Å². The van der Waals surface area contributed by atoms with Gasteiger partial charge in [0, 0.05) is 11.5 Å². The van der Waals surface area contributed by atoms with Crippen molar-refractivity contribution in [2.24, 2.45) is 11.8 Å². The lowest BCUT2D eigenvalue weighted by Crippen LogP contribution is -2.27. The summed E-state index contributed by atoms with van der Waals surface area (Å²) in [5, 5.41) is 0. The molecular formula is C17H24O. The molecule has 0 aliphatic heterocycles. The Morgan fingerprint density at radius 2 is 1.89 bits per heavy atom. The van der Waals surface area contributed by atoms with Crippen molar-refractivity contribution in [3.8, 4) is 0 Å². The minimum Gasteiger partial charge on any atom is -0.294 e. The molecule has 2 atom stereocenters. The molecule has 0 heterocycles. The zero-order valence-corrected chi connectivity index (χ0v) is 11.8. The fourth-order valence-electron chi connectivity index (χ4n) is 3.15. The van der Waals surface area contributed by atoms with Gasteiger partial charge in [0.1, 0.15) is 0 Å². The fraction of sp³-hybridized carbons (Fsp3) is 0.588. The number of carbonyl (C=O) groups is 1. The van der Waals surface area contributed by atoms with Crippen LogP contribution in [0.25, 0.3) is 0 Å². The van der Waals surface area contributed by atoms with Crippen LogP contribution in [0.3, 0.4) is 0 Å². The van der Waals surface area contributed by atoms with Crippen LogP contribution in [0.15, 0.2) is 18.2 Å². The summed E-state index contributed by atoms with van der Waals surface area (Å²) in [6.07, 6.45) is 5.98. The van der Waals surface area contributed by atoms with Crippen molar-refractivity contribution in [2.45, 2.75) is 52.9 Å². The van der Waals surface area contributed by atoms with E-state index in [-0.39, 0.29) is 5.92 Å². The molecule has 0 bridgehead atoms. The topological polar surface area (TPSA) is 17.1 Å². The second kappa shape index (κ2) is 5.69. The Morgan fingerprint density at radius 1 is 1.17 bits per heavy atom. The average molecular weight is 244 g/mol. The predicted molar refractivity (Wildman–Crippen MR) is 76.0 cm³/mol. The molecule has 1 aromatic rings. The third-order valence-electron chi connectivity index (χ3n) is 4.56. The Bertz CT molecular complexity index is 433. The average Bonchev–Trinajstić information content (AvgIpc) is 2.41. The van der Waals surface area contributed by atoms with Crippen LogP contribution in [0, 0.1) is 25.7 Å². The van der Waals surface area contributed by atoms with Crippen molar-refractivity contribution < 1.29 is 4.79 Å². The van der Waals surface area contributed by atoms with Gasteiger partial charge in [-0.25, -0.2) is 0 Å². The molecule has 18 heavy (non-hydrogen) atoms. The Kier molecular flexibility index (Phi) is 4.21. The van der Waals surface area contributed by atoms with Crippen LogP contribution in [0.4, 0.5) is 0 Å². The monoisotopic (exact) mass is 244 g/mol. The van der Waals surface area contributed by atoms with Crippen molar-refractivity contribution >= 4 is 5.78 Å². The maximum absolute atomic E-state index is 12.6. The largest absolute Gasteiger partial charge is 0.294 e. The van der Waals surface area contributed by atoms with Crippen LogP contribution < -0.4 is 0 Å². The third kappa shape index (κ3) is 2.66. The van der Waals surface area contributed by atoms with E-state index in [9.17, 15) is 4.79 Å². The second-order valence-corrected chi connectivity index (χ2v) is 5.72. The number of benzene rings is 1. The molecule has 1 fully saturated rings. The molecule has 0 aromatic heterocycles. The zero-order valence-electron chi connectivity index (χ0n) is 11.8. The summed E-state index contributed by atoms with van der Waals surface area (Å²) in [6.45, 7) is 6.40. The van der Waals surface area contributed by atoms with Crippen molar-refractivity contribution in [3.05, 3.63) is 34.9 Å². The summed E-state index contributed by atoms with van der Waals surface area (Å²) < 4.78 is 0. The smallest absolute Gasteiger partial charge is 0.166 e. The number of ketones is 1. The Balaban J connectivity index is 2.21. The van der Waals surface area contributed by atoms with E-state index in [2.05, 4.69) is 32.9 Å². The van der Waals surface area contributed by atoms with Crippen molar-refractivity contribution in [3.63, 3.8) is 0 Å². The molecule has 1 aromatic carbocycles. The number of Topliss-reactive ketones (excluding diaryl/α,β-unsaturated/α-hetero) is 1. The van der Waals surface area contributed by atoms with Gasteiger partial charge in [-0.05, 0) is 49.8 Å². The van der Waals surface area contributed by atoms with Crippen molar-refractivity contribution in [2.75, 3.05) is 0 Å². The van der Waals surface area contributed by atoms with Gasteiger partial charge in [0.15, 0.2) is 5.78 Å². The van der Waals surface area contributed by atoms with E-state index in [0.29, 0.717) is 11.7 Å². The van der Waals surface area contributed by atoms with Crippen LogP contribution >= 0.6 is 0 Å². The van der Waals surface area contributed by atoms with E-state index in [1.165, 1.54) is 30.4 Å². The van der Waals surface area contributed by atoms with Gasteiger partial charge in [-0.2, -0.15) is 0 Å². The predicted octanol–water partition coefficient (Wildman–Crippen LogP) is 4.70. The van der Waals surface area contributed by atoms with Gasteiger partial charge in [0.2, 0.25) is 0 Å². The molecule has 0 amide bonds. The molecule has 2 rings (SSSR count). The quantitative estimate of drug-likeness (QED) is 0.704. The van der Waals surface area contributed by atoms with E-state index in [1.54, 1.807) is 0 Å². The minimum atomic E-state index is 0.269. The first-order chi connectivity index (χ1) is 8.63. The van der Waals surface area contributed by atoms with E-state index in [0.717, 1.165) is 18.4 Å². The van der Waals surface area contributed by atoms with Crippen molar-refractivity contribution in [1.82, 2.24) is 0 Å². The van der Waals surface area contributed by atoms with Gasteiger partial charge in [0.25, 0.3) is 0 Å². The number of carbonyl (C=O) groups excluding carboxylic acids is 1. The SMILES string of the molecule is CCC1CCCCC1C(=O)c1ccc(C)c(C)c1. The van der Waals surface area contributed by atoms with Crippen LogP contribution in [-0.4, -0.2) is 5.78 Å². The maximum Gasteiger partial charge on any atom is 0.166 e. The Morgan fingerprint density at radius 3 is 2.56 bits per heavy atom. The number of hydrogen-bond acceptors (Lipinski definition) is 1. The molecule has 1 nitrogen and oxygen atoms in total. The van der Waals surface area contributed by atoms with E-state index < -0.39 is 0 Å². The van der Waals surface area contributed by atoms with Gasteiger partial charge >= 0.3 is 0 Å². The van der Waals surface area contributed by atoms with Crippen molar-refractivity contribution in [1.29, 1.82) is 0 Å². The lowest BCUT2D eigenvalue weighted by atomic mass is 9.74. The number of hydrogen-bond donors (Lipinski definition) is 0. The minimum absolute atomic E-state index is 0.269. The summed E-state index contributed by atoms with van der Waals surface area (Å²) in [6, 6.07) is 6.15. The molecule has 1 saturated carbocycles. The molecule has 2 unspecified atom stereocenters. The lowest BCUT2D eigenvalue weighted by molar-refractivity contribution is 0.0820. The third-order valence-corrected chi connectivity index (χ3v) is 4.56. The van der Waals surface area contributed by atoms with Gasteiger partial charge in [-0.1, -0.05) is 38.3 Å². The summed E-state index contributed by atoms with van der Waals surface area (Å²) in [5.74, 6) is 1.25. The summed E-state index contributed by atoms with van der Waals surface area (Å²) in [4.78, 5) is 12.6. The first kappa shape index (κ1) is 13.3. The molecule has 1 aliphatic carbocycles. The van der Waals surface area contributed by atoms with E-state index >= 15 is 0 Å². The molecule has 1 heteroatoms. The number of rotatable bonds is 3. The highest BCUT2D eigenvalue weighted by Crippen LogP contribution is 2.34. The highest BCUT2D eigenvalue weighted by molar-refractivity contribution is 5.98. The normalized spacial score (nSPS) is 23.9. The summed E-state index contributed by atoms with van der Waals surface area (Å²) >= 11 is 0. The van der Waals surface area contributed by atoms with Gasteiger partial charge in [0.05, 0.1) is 0 Å². The summed E-state index contributed by atoms with van der Waals surface area (Å²) in [7, 11) is 0. The van der Waals surface area contributed by atoms with Crippen LogP contribution in [0.1, 0.15) is 60.5 Å². The molecule has 0 saturated heterocycles. The zero-order chi connectivity index (χ0) is 13.1. The highest BCUT2D eigenvalue weighted by atomic mass is 16.1. The van der Waals surface area contributed by atoms with Gasteiger partial charge in [-0.3, -0.25) is 4.79 Å². The lowest BCUT2D eigenvalue weighted by Gasteiger charge is -2.29. The van der Waals surface area contributed by atoms with E-state index in [4.69, 9.17) is 0 Å². The molecule has 0 radical (unpaired) electrons. The van der Waals surface area contributed by atoms with Gasteiger partial charge in [-0.15, -0.1) is 0 Å². The molecule has 1 aliphatic rings. The van der Waals surface area contributed by atoms with E-state index in [1.807, 2.05) is 6.07 Å². The summed E-state index contributed by atoms with van der Waals surface area (Å²) in [5.41, 5.74) is 3.41. The van der Waals surface area contributed by atoms with Crippen LogP contribution in [0.2, 0.25) is 0 Å². The number of aryl methyl sites for hydroxylation is 2. The van der Waals surface area contributed by atoms with Gasteiger partial charge < -0.3 is 0 Å². The standard InChI is InChI=1S/C17H24O/c1-4-14-7-5-6-8-16(14)17(18)15-10-9-12(2)13(3)11-15/h9-11,14,16H,4-8H2,1-3H3. The highest BCUT2D eigenvalue weighted by Gasteiger charge is 2.30. The first-order valence-corrected chi connectivity index (χ1v) is 7.25. The Hall–Kier alpha value is -1.11. The molecule has 0 spiro atoms. The second-order valence-electron chi connectivity index (χ2n) is 5.72. The maximum atomic E-state index is 12.6. The van der Waals surface area contributed by atoms with Crippen LogP contribution in [-0.2, 0) is 0 Å². The molecule has 98 valence electrons. The fourth-order valence-corrected chi connectivity index (χ4v) is 3.15. The molecular weight excluding hydrogens is 220 g/mol. The Labute approximate surface area is 111 Å². The molecule has 0 N–H and O–H groups in total.